The Kier molecular flexibility index (Phi) is 3.48. The van der Waals surface area contributed by atoms with Gasteiger partial charge < -0.3 is 10.2 Å². The van der Waals surface area contributed by atoms with E-state index in [4.69, 9.17) is 0 Å². The standard InChI is InChI=1S/C10H18N2O/c1-4-10(13)12-7-5-6-9(11-3)8(12)2/h4,8-9,11H,1,5-7H2,2-3H3/t8-,9-/m1/s1. The van der Waals surface area contributed by atoms with Crippen LogP contribution in [0, 0.1) is 0 Å². The molecule has 1 fully saturated rings. The van der Waals surface area contributed by atoms with Crippen molar-refractivity contribution in [2.75, 3.05) is 13.6 Å². The number of nitrogens with zero attached hydrogens (tertiary/aromatic N) is 1. The third kappa shape index (κ3) is 2.10. The van der Waals surface area contributed by atoms with Crippen LogP contribution in [0.5, 0.6) is 0 Å². The first kappa shape index (κ1) is 10.3. The molecule has 13 heavy (non-hydrogen) atoms. The van der Waals surface area contributed by atoms with Crippen molar-refractivity contribution in [2.24, 2.45) is 0 Å². The van der Waals surface area contributed by atoms with Crippen LogP contribution in [0.25, 0.3) is 0 Å². The monoisotopic (exact) mass is 182 g/mol. The Morgan fingerprint density at radius 2 is 2.38 bits per heavy atom. The minimum Gasteiger partial charge on any atom is -0.335 e. The Hall–Kier alpha value is -0.830. The topological polar surface area (TPSA) is 32.3 Å². The van der Waals surface area contributed by atoms with Gasteiger partial charge in [0.25, 0.3) is 0 Å². The van der Waals surface area contributed by atoms with E-state index in [1.54, 1.807) is 0 Å². The molecule has 3 nitrogen and oxygen atoms in total. The molecule has 0 unspecified atom stereocenters. The summed E-state index contributed by atoms with van der Waals surface area (Å²) >= 11 is 0. The molecule has 3 heteroatoms. The van der Waals surface area contributed by atoms with Crippen molar-refractivity contribution in [3.8, 4) is 0 Å². The molecule has 0 aliphatic carbocycles. The van der Waals surface area contributed by atoms with Crippen LogP contribution in [0.2, 0.25) is 0 Å². The van der Waals surface area contributed by atoms with Gasteiger partial charge in [0.15, 0.2) is 0 Å². The molecule has 0 aromatic heterocycles. The molecule has 0 spiro atoms. The summed E-state index contributed by atoms with van der Waals surface area (Å²) in [5.41, 5.74) is 0. The number of piperidine rings is 1. The third-order valence-corrected chi connectivity index (χ3v) is 2.82. The maximum Gasteiger partial charge on any atom is 0.246 e. The van der Waals surface area contributed by atoms with Crippen molar-refractivity contribution in [1.82, 2.24) is 10.2 Å². The zero-order valence-corrected chi connectivity index (χ0v) is 8.42. The van der Waals surface area contributed by atoms with Gasteiger partial charge >= 0.3 is 0 Å². The Morgan fingerprint density at radius 1 is 1.69 bits per heavy atom. The van der Waals surface area contributed by atoms with E-state index < -0.39 is 0 Å². The third-order valence-electron chi connectivity index (χ3n) is 2.82. The highest BCUT2D eigenvalue weighted by Crippen LogP contribution is 2.17. The highest BCUT2D eigenvalue weighted by atomic mass is 16.2. The summed E-state index contributed by atoms with van der Waals surface area (Å²) in [6.07, 6.45) is 3.63. The van der Waals surface area contributed by atoms with E-state index in [-0.39, 0.29) is 11.9 Å². The average molecular weight is 182 g/mol. The molecule has 0 aromatic rings. The van der Waals surface area contributed by atoms with Gasteiger partial charge in [-0.05, 0) is 32.9 Å². The van der Waals surface area contributed by atoms with E-state index >= 15 is 0 Å². The smallest absolute Gasteiger partial charge is 0.246 e. The lowest BCUT2D eigenvalue weighted by Gasteiger charge is -2.38. The maximum absolute atomic E-state index is 11.4. The second-order valence-electron chi connectivity index (χ2n) is 3.51. The van der Waals surface area contributed by atoms with Gasteiger partial charge in [0.05, 0.1) is 0 Å². The van der Waals surface area contributed by atoms with Crippen molar-refractivity contribution in [2.45, 2.75) is 31.8 Å². The number of hydrogen-bond acceptors (Lipinski definition) is 2. The fourth-order valence-electron chi connectivity index (χ4n) is 1.96. The maximum atomic E-state index is 11.4. The summed E-state index contributed by atoms with van der Waals surface area (Å²) in [4.78, 5) is 13.3. The van der Waals surface area contributed by atoms with Crippen LogP contribution in [-0.2, 0) is 4.79 Å². The first-order valence-electron chi connectivity index (χ1n) is 4.81. The van der Waals surface area contributed by atoms with Crippen LogP contribution in [0.4, 0.5) is 0 Å². The van der Waals surface area contributed by atoms with Crippen LogP contribution in [0.15, 0.2) is 12.7 Å². The Labute approximate surface area is 79.8 Å². The zero-order chi connectivity index (χ0) is 9.84. The molecule has 74 valence electrons. The first-order chi connectivity index (χ1) is 6.20. The summed E-state index contributed by atoms with van der Waals surface area (Å²) in [5, 5.41) is 3.23. The van der Waals surface area contributed by atoms with Crippen LogP contribution < -0.4 is 5.32 Å². The van der Waals surface area contributed by atoms with Gasteiger partial charge in [-0.1, -0.05) is 6.58 Å². The van der Waals surface area contributed by atoms with Crippen LogP contribution in [0.3, 0.4) is 0 Å². The van der Waals surface area contributed by atoms with Crippen molar-refractivity contribution < 1.29 is 4.79 Å². The normalized spacial score (nSPS) is 28.6. The van der Waals surface area contributed by atoms with E-state index in [9.17, 15) is 4.79 Å². The summed E-state index contributed by atoms with van der Waals surface area (Å²) < 4.78 is 0. The molecular formula is C10H18N2O. The van der Waals surface area contributed by atoms with Gasteiger partial charge in [-0.2, -0.15) is 0 Å². The Morgan fingerprint density at radius 3 is 2.92 bits per heavy atom. The van der Waals surface area contributed by atoms with Crippen LogP contribution in [-0.4, -0.2) is 36.5 Å². The molecule has 2 atom stereocenters. The van der Waals surface area contributed by atoms with Gasteiger partial charge in [0, 0.05) is 18.6 Å². The van der Waals surface area contributed by atoms with Gasteiger partial charge in [-0.25, -0.2) is 0 Å². The molecule has 1 aliphatic heterocycles. The summed E-state index contributed by atoms with van der Waals surface area (Å²) in [5.74, 6) is 0.0486. The molecule has 1 amide bonds. The van der Waals surface area contributed by atoms with E-state index in [0.29, 0.717) is 6.04 Å². The zero-order valence-electron chi connectivity index (χ0n) is 8.42. The summed E-state index contributed by atoms with van der Waals surface area (Å²) in [6, 6.07) is 0.710. The molecule has 1 aliphatic rings. The number of carbonyl (C=O) groups is 1. The highest BCUT2D eigenvalue weighted by molar-refractivity contribution is 5.87. The number of likely N-dealkylation sites (N-methyl/N-ethyl adjacent to an activating group) is 1. The van der Waals surface area contributed by atoms with E-state index in [1.807, 2.05) is 11.9 Å². The predicted octanol–water partition coefficient (Wildman–Crippen LogP) is 0.771. The molecule has 1 saturated heterocycles. The average Bonchev–Trinajstić information content (AvgIpc) is 2.17. The van der Waals surface area contributed by atoms with Crippen molar-refractivity contribution in [1.29, 1.82) is 0 Å². The van der Waals surface area contributed by atoms with E-state index in [2.05, 4.69) is 18.8 Å². The minimum absolute atomic E-state index is 0.0486. The number of likely N-dealkylation sites (tertiary alicyclic amines) is 1. The molecule has 1 heterocycles. The van der Waals surface area contributed by atoms with E-state index in [1.165, 1.54) is 6.08 Å². The highest BCUT2D eigenvalue weighted by Gasteiger charge is 2.28. The molecular weight excluding hydrogens is 164 g/mol. The lowest BCUT2D eigenvalue weighted by molar-refractivity contribution is -0.129. The fraction of sp³-hybridized carbons (Fsp3) is 0.700. The number of rotatable bonds is 2. The number of amides is 1. The second kappa shape index (κ2) is 4.42. The van der Waals surface area contributed by atoms with Crippen LogP contribution in [0.1, 0.15) is 19.8 Å². The largest absolute Gasteiger partial charge is 0.335 e. The molecule has 0 saturated carbocycles. The van der Waals surface area contributed by atoms with Gasteiger partial charge in [-0.3, -0.25) is 4.79 Å². The predicted molar refractivity (Wildman–Crippen MR) is 53.5 cm³/mol. The lowest BCUT2D eigenvalue weighted by atomic mass is 9.97. The molecule has 0 radical (unpaired) electrons. The fourth-order valence-corrected chi connectivity index (χ4v) is 1.96. The lowest BCUT2D eigenvalue weighted by Crippen LogP contribution is -2.53. The number of nitrogens with one attached hydrogen (secondary N) is 1. The first-order valence-corrected chi connectivity index (χ1v) is 4.81. The SMILES string of the molecule is C=CC(=O)N1CCC[C@@H](NC)[C@H]1C. The van der Waals surface area contributed by atoms with E-state index in [0.717, 1.165) is 19.4 Å². The molecule has 1 rings (SSSR count). The van der Waals surface area contributed by atoms with Crippen molar-refractivity contribution in [3.63, 3.8) is 0 Å². The molecule has 1 N–H and O–H groups in total. The quantitative estimate of drug-likeness (QED) is 0.640. The van der Waals surface area contributed by atoms with Gasteiger partial charge in [0.2, 0.25) is 5.91 Å². The molecule has 0 aromatic carbocycles. The van der Waals surface area contributed by atoms with Gasteiger partial charge in [0.1, 0.15) is 0 Å². The number of carbonyl (C=O) groups excluding carboxylic acids is 1. The number of hydrogen-bond donors (Lipinski definition) is 1. The second-order valence-corrected chi connectivity index (χ2v) is 3.51. The van der Waals surface area contributed by atoms with Gasteiger partial charge in [-0.15, -0.1) is 0 Å². The van der Waals surface area contributed by atoms with Crippen molar-refractivity contribution >= 4 is 5.91 Å². The van der Waals surface area contributed by atoms with Crippen LogP contribution >= 0.6 is 0 Å². The Bertz CT molecular complexity index is 203. The minimum atomic E-state index is 0.0486. The summed E-state index contributed by atoms with van der Waals surface area (Å²) in [7, 11) is 1.95. The summed E-state index contributed by atoms with van der Waals surface area (Å²) in [6.45, 7) is 6.46. The van der Waals surface area contributed by atoms with Crippen molar-refractivity contribution in [3.05, 3.63) is 12.7 Å². The Balaban J connectivity index is 2.64. The molecule has 0 bridgehead atoms.